The Hall–Kier alpha value is -1.10. The predicted octanol–water partition coefficient (Wildman–Crippen LogP) is 1.25. The first-order valence-corrected chi connectivity index (χ1v) is 6.59. The van der Waals surface area contributed by atoms with Gasteiger partial charge in [-0.15, -0.1) is 0 Å². The lowest BCUT2D eigenvalue weighted by Gasteiger charge is -2.25. The van der Waals surface area contributed by atoms with Crippen molar-refractivity contribution >= 4 is 11.9 Å². The molecule has 3 N–H and O–H groups in total. The van der Waals surface area contributed by atoms with Crippen LogP contribution in [0.3, 0.4) is 0 Å². The molecule has 5 nitrogen and oxygen atoms in total. The van der Waals surface area contributed by atoms with E-state index >= 15 is 0 Å². The number of rotatable bonds is 1. The van der Waals surface area contributed by atoms with Crippen LogP contribution in [-0.2, 0) is 4.79 Å². The Labute approximate surface area is 104 Å². The summed E-state index contributed by atoms with van der Waals surface area (Å²) in [5.74, 6) is 0.129. The Balaban J connectivity index is 0.000000581. The normalized spacial score (nSPS) is 23.6. The maximum Gasteiger partial charge on any atom is 0.322 e. The van der Waals surface area contributed by atoms with Gasteiger partial charge < -0.3 is 10.6 Å². The number of carbonyl (C=O) groups is 2. The summed E-state index contributed by atoms with van der Waals surface area (Å²) in [6.07, 6.45) is 1.91. The van der Waals surface area contributed by atoms with Crippen molar-refractivity contribution in [3.05, 3.63) is 0 Å². The van der Waals surface area contributed by atoms with Crippen molar-refractivity contribution < 1.29 is 9.59 Å². The zero-order valence-electron chi connectivity index (χ0n) is 11.3. The van der Waals surface area contributed by atoms with Crippen LogP contribution in [0, 0.1) is 5.92 Å². The lowest BCUT2D eigenvalue weighted by atomic mass is 9.90. The second-order valence-corrected chi connectivity index (χ2v) is 3.53. The highest BCUT2D eigenvalue weighted by molar-refractivity contribution is 6.04. The van der Waals surface area contributed by atoms with Crippen molar-refractivity contribution in [1.29, 1.82) is 0 Å². The summed E-state index contributed by atoms with van der Waals surface area (Å²) in [4.78, 5) is 22.1. The van der Waals surface area contributed by atoms with E-state index in [0.29, 0.717) is 5.92 Å². The minimum atomic E-state index is -0.353. The quantitative estimate of drug-likeness (QED) is 0.607. The van der Waals surface area contributed by atoms with Crippen LogP contribution in [0.4, 0.5) is 4.79 Å². The molecule has 2 saturated heterocycles. The van der Waals surface area contributed by atoms with E-state index in [1.54, 1.807) is 0 Å². The molecule has 0 aromatic rings. The van der Waals surface area contributed by atoms with Gasteiger partial charge in [-0.3, -0.25) is 10.1 Å². The van der Waals surface area contributed by atoms with E-state index in [0.717, 1.165) is 25.9 Å². The van der Waals surface area contributed by atoms with E-state index in [9.17, 15) is 9.59 Å². The van der Waals surface area contributed by atoms with Crippen LogP contribution < -0.4 is 16.0 Å². The first kappa shape index (κ1) is 15.9. The molecule has 2 heterocycles. The van der Waals surface area contributed by atoms with Crippen LogP contribution in [0.1, 0.15) is 40.5 Å². The second kappa shape index (κ2) is 8.98. The summed E-state index contributed by atoms with van der Waals surface area (Å²) >= 11 is 0. The lowest BCUT2D eigenvalue weighted by molar-refractivity contribution is -0.121. The molecule has 0 spiro atoms. The number of amides is 3. The second-order valence-electron chi connectivity index (χ2n) is 3.53. The van der Waals surface area contributed by atoms with E-state index in [4.69, 9.17) is 0 Å². The summed E-state index contributed by atoms with van der Waals surface area (Å²) in [5, 5.41) is 8.12. The number of piperidine rings is 1. The predicted molar refractivity (Wildman–Crippen MR) is 68.8 cm³/mol. The Kier molecular flexibility index (Phi) is 8.40. The fraction of sp³-hybridized carbons (Fsp3) is 0.833. The third-order valence-electron chi connectivity index (χ3n) is 2.66. The third-order valence-corrected chi connectivity index (χ3v) is 2.66. The van der Waals surface area contributed by atoms with Gasteiger partial charge in [0.15, 0.2) is 0 Å². The van der Waals surface area contributed by atoms with Crippen molar-refractivity contribution in [2.24, 2.45) is 5.92 Å². The Bertz CT molecular complexity index is 238. The highest BCUT2D eigenvalue weighted by Gasteiger charge is 2.36. The molecule has 17 heavy (non-hydrogen) atoms. The number of hydrogen-bond donors (Lipinski definition) is 3. The zero-order valence-corrected chi connectivity index (χ0v) is 11.3. The van der Waals surface area contributed by atoms with Crippen LogP contribution in [0.15, 0.2) is 0 Å². The van der Waals surface area contributed by atoms with Crippen LogP contribution in [-0.4, -0.2) is 31.1 Å². The third kappa shape index (κ3) is 4.73. The van der Waals surface area contributed by atoms with Crippen molar-refractivity contribution in [3.63, 3.8) is 0 Å². The molecule has 0 bridgehead atoms. The largest absolute Gasteiger partial charge is 0.326 e. The Morgan fingerprint density at radius 1 is 1.00 bits per heavy atom. The highest BCUT2D eigenvalue weighted by atomic mass is 16.2. The molecule has 2 rings (SSSR count). The average molecular weight is 243 g/mol. The van der Waals surface area contributed by atoms with Gasteiger partial charge in [0.25, 0.3) is 5.91 Å². The van der Waals surface area contributed by atoms with Gasteiger partial charge in [-0.25, -0.2) is 4.79 Å². The molecule has 2 aliphatic rings. The molecule has 0 aromatic carbocycles. The van der Waals surface area contributed by atoms with Crippen molar-refractivity contribution in [3.8, 4) is 0 Å². The Morgan fingerprint density at radius 3 is 1.94 bits per heavy atom. The van der Waals surface area contributed by atoms with E-state index < -0.39 is 0 Å². The first-order valence-electron chi connectivity index (χ1n) is 6.59. The summed E-state index contributed by atoms with van der Waals surface area (Å²) in [5.41, 5.74) is 0. The smallest absolute Gasteiger partial charge is 0.322 e. The van der Waals surface area contributed by atoms with E-state index in [2.05, 4.69) is 16.0 Å². The molecule has 0 aromatic heterocycles. The topological polar surface area (TPSA) is 70.2 Å². The van der Waals surface area contributed by atoms with Gasteiger partial charge in [0.05, 0.1) is 0 Å². The standard InChI is InChI=1S/C8H13N3O2.2C2H6/c12-7-6(10-8(13)11-7)5-1-3-9-4-2-5;2*1-2/h5-6,9H,1-4H2,(H2,10,11,12,13);2*1-2H3. The van der Waals surface area contributed by atoms with E-state index in [1.807, 2.05) is 27.7 Å². The van der Waals surface area contributed by atoms with Gasteiger partial charge in [-0.2, -0.15) is 0 Å². The maximum atomic E-state index is 11.3. The minimum absolute atomic E-state index is 0.170. The van der Waals surface area contributed by atoms with Gasteiger partial charge in [0, 0.05) is 0 Å². The van der Waals surface area contributed by atoms with Gasteiger partial charge >= 0.3 is 6.03 Å². The average Bonchev–Trinajstić information content (AvgIpc) is 2.74. The number of urea groups is 1. The SMILES string of the molecule is CC.CC.O=C1NC(=O)C(C2CCNCC2)N1. The summed E-state index contributed by atoms with van der Waals surface area (Å²) in [6.45, 7) is 9.87. The molecule has 0 aliphatic carbocycles. The molecule has 0 radical (unpaired) electrons. The summed E-state index contributed by atoms with van der Waals surface area (Å²) in [6, 6.07) is -0.650. The van der Waals surface area contributed by atoms with E-state index in [1.165, 1.54) is 0 Å². The Morgan fingerprint density at radius 2 is 1.53 bits per heavy atom. The molecule has 5 heteroatoms. The van der Waals surface area contributed by atoms with Crippen LogP contribution in [0.2, 0.25) is 0 Å². The van der Waals surface area contributed by atoms with Gasteiger partial charge in [0.1, 0.15) is 6.04 Å². The number of nitrogens with one attached hydrogen (secondary N) is 3. The molecule has 1 unspecified atom stereocenters. The maximum absolute atomic E-state index is 11.3. The molecule has 0 saturated carbocycles. The molecule has 2 aliphatic heterocycles. The molecule has 1 atom stereocenters. The molecule has 2 fully saturated rings. The van der Waals surface area contributed by atoms with Gasteiger partial charge in [-0.1, -0.05) is 27.7 Å². The van der Waals surface area contributed by atoms with Gasteiger partial charge in [-0.05, 0) is 31.8 Å². The number of hydrogen-bond acceptors (Lipinski definition) is 3. The van der Waals surface area contributed by atoms with Crippen molar-refractivity contribution in [1.82, 2.24) is 16.0 Å². The summed E-state index contributed by atoms with van der Waals surface area (Å²) < 4.78 is 0. The monoisotopic (exact) mass is 243 g/mol. The van der Waals surface area contributed by atoms with Crippen LogP contribution in [0.5, 0.6) is 0 Å². The van der Waals surface area contributed by atoms with Gasteiger partial charge in [0.2, 0.25) is 0 Å². The lowest BCUT2D eigenvalue weighted by Crippen LogP contribution is -2.42. The molecular weight excluding hydrogens is 218 g/mol. The van der Waals surface area contributed by atoms with Crippen molar-refractivity contribution in [2.75, 3.05) is 13.1 Å². The van der Waals surface area contributed by atoms with Crippen LogP contribution >= 0.6 is 0 Å². The highest BCUT2D eigenvalue weighted by Crippen LogP contribution is 2.18. The first-order chi connectivity index (χ1) is 8.27. The minimum Gasteiger partial charge on any atom is -0.326 e. The summed E-state index contributed by atoms with van der Waals surface area (Å²) in [7, 11) is 0. The fourth-order valence-electron chi connectivity index (χ4n) is 1.94. The van der Waals surface area contributed by atoms with E-state index in [-0.39, 0.29) is 18.0 Å². The zero-order chi connectivity index (χ0) is 13.3. The fourth-order valence-corrected chi connectivity index (χ4v) is 1.94. The number of carbonyl (C=O) groups excluding carboxylic acids is 2. The number of imide groups is 1. The molecule has 3 amide bonds. The van der Waals surface area contributed by atoms with Crippen LogP contribution in [0.25, 0.3) is 0 Å². The molecular formula is C12H25N3O2. The van der Waals surface area contributed by atoms with Crippen molar-refractivity contribution in [2.45, 2.75) is 46.6 Å². The molecule has 100 valence electrons.